The quantitative estimate of drug-likeness (QED) is 0.322. The number of imide groups is 1. The molecular formula is C30H26ClF3N2O6. The second-order valence-corrected chi connectivity index (χ2v) is 10.4. The van der Waals surface area contributed by atoms with Gasteiger partial charge in [-0.2, -0.15) is 13.2 Å². The average molecular weight is 603 g/mol. The number of esters is 1. The third kappa shape index (κ3) is 5.88. The molecule has 220 valence electrons. The van der Waals surface area contributed by atoms with Crippen molar-refractivity contribution in [3.05, 3.63) is 95.0 Å². The Morgan fingerprint density at radius 2 is 1.60 bits per heavy atom. The van der Waals surface area contributed by atoms with Crippen molar-refractivity contribution in [1.82, 2.24) is 10.2 Å². The van der Waals surface area contributed by atoms with E-state index in [1.54, 1.807) is 0 Å². The van der Waals surface area contributed by atoms with Gasteiger partial charge in [0.25, 0.3) is 0 Å². The Bertz CT molecular complexity index is 1500. The number of amides is 2. The van der Waals surface area contributed by atoms with Crippen molar-refractivity contribution in [3.63, 3.8) is 0 Å². The van der Waals surface area contributed by atoms with Gasteiger partial charge in [-0.05, 0) is 34.4 Å². The van der Waals surface area contributed by atoms with Crippen LogP contribution in [-0.2, 0) is 30.3 Å². The van der Waals surface area contributed by atoms with Gasteiger partial charge in [-0.25, -0.2) is 4.79 Å². The van der Waals surface area contributed by atoms with E-state index in [0.717, 1.165) is 27.2 Å². The predicted molar refractivity (Wildman–Crippen MR) is 146 cm³/mol. The van der Waals surface area contributed by atoms with E-state index >= 15 is 0 Å². The number of carboxylic acid groups (broad SMARTS) is 1. The van der Waals surface area contributed by atoms with Crippen molar-refractivity contribution >= 4 is 35.4 Å². The smallest absolute Gasteiger partial charge is 0.475 e. The number of carbonyl (C=O) groups is 4. The minimum absolute atomic E-state index is 0.228. The van der Waals surface area contributed by atoms with Crippen molar-refractivity contribution < 1.29 is 42.2 Å². The zero-order valence-corrected chi connectivity index (χ0v) is 23.1. The molecule has 2 heterocycles. The number of halogens is 4. The first kappa shape index (κ1) is 30.7. The Morgan fingerprint density at radius 1 is 0.976 bits per heavy atom. The molecule has 12 heteroatoms. The summed E-state index contributed by atoms with van der Waals surface area (Å²) in [6.45, 7) is 0. The van der Waals surface area contributed by atoms with Crippen molar-refractivity contribution in [3.8, 4) is 11.1 Å². The van der Waals surface area contributed by atoms with Gasteiger partial charge in [0, 0.05) is 24.5 Å². The van der Waals surface area contributed by atoms with Crippen LogP contribution in [0.1, 0.15) is 17.2 Å². The van der Waals surface area contributed by atoms with E-state index in [-0.39, 0.29) is 18.2 Å². The number of methoxy groups -OCH3 is 1. The number of hydrogen-bond donors (Lipinski definition) is 2. The Hall–Kier alpha value is -4.22. The first-order chi connectivity index (χ1) is 19.8. The number of carboxylic acids is 1. The van der Waals surface area contributed by atoms with Gasteiger partial charge in [0.05, 0.1) is 18.9 Å². The lowest BCUT2D eigenvalue weighted by molar-refractivity contribution is -0.192. The molecule has 2 amide bonds. The lowest BCUT2D eigenvalue weighted by atomic mass is 9.76. The number of carbonyl (C=O) groups excluding carboxylic acids is 3. The fourth-order valence-electron chi connectivity index (χ4n) is 5.51. The van der Waals surface area contributed by atoms with E-state index in [4.69, 9.17) is 26.2 Å². The third-order valence-corrected chi connectivity index (χ3v) is 7.66. The molecule has 8 nitrogen and oxygen atoms in total. The van der Waals surface area contributed by atoms with E-state index in [9.17, 15) is 27.6 Å². The summed E-state index contributed by atoms with van der Waals surface area (Å²) in [5, 5.41) is 11.2. The van der Waals surface area contributed by atoms with Gasteiger partial charge < -0.3 is 9.84 Å². The number of nitrogens with zero attached hydrogens (tertiary/aromatic N) is 1. The van der Waals surface area contributed by atoms with Crippen LogP contribution in [0.3, 0.4) is 0 Å². The summed E-state index contributed by atoms with van der Waals surface area (Å²) in [4.78, 5) is 49.9. The fourth-order valence-corrected chi connectivity index (χ4v) is 5.70. The van der Waals surface area contributed by atoms with Crippen LogP contribution in [0.15, 0.2) is 78.9 Å². The van der Waals surface area contributed by atoms with Crippen LogP contribution < -0.4 is 5.32 Å². The standard InChI is InChI=1S/C28H25ClN2O4.C2HF3O2/c1-31-25(32)22-23(26(31)33)28(27(34)35-2,16-17-7-4-3-5-8-17)30-24(22)19-13-11-18(12-14-19)20-9-6-10-21(29)15-20;3-2(4,5)1(6)7/h3-15,22-24,30H,16H2,1-2H3;(H,6,7)/t22?,23?,24?,28-;/m1./s1. The monoisotopic (exact) mass is 602 g/mol. The summed E-state index contributed by atoms with van der Waals surface area (Å²) in [6.07, 6.45) is -4.86. The highest BCUT2D eigenvalue weighted by atomic mass is 35.5. The first-order valence-electron chi connectivity index (χ1n) is 12.7. The summed E-state index contributed by atoms with van der Waals surface area (Å²) >= 11 is 6.15. The lowest BCUT2D eigenvalue weighted by Gasteiger charge is -2.32. The Kier molecular flexibility index (Phi) is 8.74. The minimum atomic E-state index is -5.08. The molecule has 2 fully saturated rings. The summed E-state index contributed by atoms with van der Waals surface area (Å²) in [6, 6.07) is 24.3. The molecule has 0 bridgehead atoms. The van der Waals surface area contributed by atoms with Crippen LogP contribution in [0.4, 0.5) is 13.2 Å². The molecule has 2 aliphatic rings. The third-order valence-electron chi connectivity index (χ3n) is 7.42. The van der Waals surface area contributed by atoms with Gasteiger partial charge in [-0.3, -0.25) is 24.6 Å². The SMILES string of the molecule is COC(=O)[C@]1(Cc2ccccc2)NC(c2ccc(-c3cccc(Cl)c3)cc2)C2C(=O)N(C)C(=O)C21.O=C(O)C(F)(F)F. The highest BCUT2D eigenvalue weighted by Gasteiger charge is 2.68. The number of fused-ring (bicyclic) bond motifs is 1. The zero-order valence-electron chi connectivity index (χ0n) is 22.4. The number of hydrogen-bond acceptors (Lipinski definition) is 6. The number of ether oxygens (including phenoxy) is 1. The van der Waals surface area contributed by atoms with Gasteiger partial charge >= 0.3 is 18.1 Å². The maximum absolute atomic E-state index is 13.3. The topological polar surface area (TPSA) is 113 Å². The Morgan fingerprint density at radius 3 is 2.14 bits per heavy atom. The maximum atomic E-state index is 13.3. The van der Waals surface area contributed by atoms with E-state index in [1.807, 2.05) is 78.9 Å². The van der Waals surface area contributed by atoms with E-state index in [1.165, 1.54) is 14.2 Å². The zero-order chi connectivity index (χ0) is 30.8. The van der Waals surface area contributed by atoms with Gasteiger partial charge in [0.2, 0.25) is 11.8 Å². The molecule has 5 rings (SSSR count). The van der Waals surface area contributed by atoms with Crippen molar-refractivity contribution in [1.29, 1.82) is 0 Å². The fraction of sp³-hybridized carbons (Fsp3) is 0.267. The second-order valence-electron chi connectivity index (χ2n) is 9.92. The number of rotatable bonds is 5. The molecule has 2 N–H and O–H groups in total. The molecule has 0 radical (unpaired) electrons. The largest absolute Gasteiger partial charge is 0.490 e. The second kappa shape index (κ2) is 11.9. The van der Waals surface area contributed by atoms with Crippen LogP contribution in [0.25, 0.3) is 11.1 Å². The van der Waals surface area contributed by atoms with Crippen LogP contribution in [0.2, 0.25) is 5.02 Å². The minimum Gasteiger partial charge on any atom is -0.475 e. The summed E-state index contributed by atoms with van der Waals surface area (Å²) < 4.78 is 36.9. The summed E-state index contributed by atoms with van der Waals surface area (Å²) in [7, 11) is 2.79. The van der Waals surface area contributed by atoms with Crippen LogP contribution in [0.5, 0.6) is 0 Å². The summed E-state index contributed by atoms with van der Waals surface area (Å²) in [5.74, 6) is -5.56. The van der Waals surface area contributed by atoms with Crippen LogP contribution in [0, 0.1) is 11.8 Å². The van der Waals surface area contributed by atoms with E-state index in [2.05, 4.69) is 5.32 Å². The van der Waals surface area contributed by atoms with Crippen LogP contribution >= 0.6 is 11.6 Å². The lowest BCUT2D eigenvalue weighted by Crippen LogP contribution is -2.57. The normalized spacial score (nSPS) is 23.2. The molecule has 3 aromatic carbocycles. The number of alkyl halides is 3. The van der Waals surface area contributed by atoms with Crippen molar-refractivity contribution in [2.45, 2.75) is 24.2 Å². The molecule has 3 aromatic rings. The molecule has 3 unspecified atom stereocenters. The van der Waals surface area contributed by atoms with Gasteiger partial charge in [0.15, 0.2) is 0 Å². The average Bonchev–Trinajstić information content (AvgIpc) is 3.42. The first-order valence-corrected chi connectivity index (χ1v) is 13.1. The Labute approximate surface area is 244 Å². The molecule has 4 atom stereocenters. The van der Waals surface area contributed by atoms with Gasteiger partial charge in [0.1, 0.15) is 5.54 Å². The molecule has 0 saturated carbocycles. The molecule has 2 aliphatic heterocycles. The molecule has 0 aliphatic carbocycles. The molecule has 0 aromatic heterocycles. The van der Waals surface area contributed by atoms with E-state index < -0.39 is 41.5 Å². The Balaban J connectivity index is 0.000000517. The molecule has 2 saturated heterocycles. The predicted octanol–water partition coefficient (Wildman–Crippen LogP) is 4.67. The van der Waals surface area contributed by atoms with Gasteiger partial charge in [-0.1, -0.05) is 78.3 Å². The number of benzene rings is 3. The van der Waals surface area contributed by atoms with Crippen LogP contribution in [-0.4, -0.2) is 59.6 Å². The highest BCUT2D eigenvalue weighted by molar-refractivity contribution is 6.30. The number of aliphatic carboxylic acids is 1. The van der Waals surface area contributed by atoms with Crippen molar-refractivity contribution in [2.75, 3.05) is 14.2 Å². The number of nitrogens with one attached hydrogen (secondary N) is 1. The van der Waals surface area contributed by atoms with Gasteiger partial charge in [-0.15, -0.1) is 0 Å². The molecule has 0 spiro atoms. The van der Waals surface area contributed by atoms with Crippen molar-refractivity contribution in [2.24, 2.45) is 11.8 Å². The molecular weight excluding hydrogens is 577 g/mol. The highest BCUT2D eigenvalue weighted by Crippen LogP contribution is 2.50. The molecule has 42 heavy (non-hydrogen) atoms. The number of likely N-dealkylation sites (tertiary alicyclic amines) is 1. The maximum Gasteiger partial charge on any atom is 0.490 e. The summed E-state index contributed by atoms with van der Waals surface area (Å²) in [5.41, 5.74) is 2.27. The van der Waals surface area contributed by atoms with E-state index in [0.29, 0.717) is 5.02 Å².